The second-order valence-corrected chi connectivity index (χ2v) is 10.9. The number of fused-ring (bicyclic) bond motifs is 3. The Morgan fingerprint density at radius 2 is 1.89 bits per heavy atom. The van der Waals surface area contributed by atoms with Crippen molar-refractivity contribution in [2.24, 2.45) is 0 Å². The number of nitrogens with one attached hydrogen (secondary N) is 2. The maximum Gasteiger partial charge on any atom is 0.257 e. The highest BCUT2D eigenvalue weighted by Gasteiger charge is 2.26. The number of carbonyl (C=O) groups excluding carboxylic acids is 3. The van der Waals surface area contributed by atoms with E-state index in [0.717, 1.165) is 11.3 Å². The molecule has 2 bridgehead atoms. The normalized spacial score (nSPS) is 16.7. The van der Waals surface area contributed by atoms with Crippen LogP contribution in [0.15, 0.2) is 65.2 Å². The molecular weight excluding hydrogens is 576 g/mol. The van der Waals surface area contributed by atoms with Crippen molar-refractivity contribution in [2.75, 3.05) is 33.4 Å². The van der Waals surface area contributed by atoms with Crippen molar-refractivity contribution < 1.29 is 28.3 Å². The molecule has 4 aromatic rings. The molecule has 3 amide bonds. The van der Waals surface area contributed by atoms with Crippen molar-refractivity contribution in [3.05, 3.63) is 94.7 Å². The van der Waals surface area contributed by atoms with Crippen LogP contribution in [0.5, 0.6) is 11.5 Å². The zero-order valence-electron chi connectivity index (χ0n) is 25.7. The number of aromatic nitrogens is 3. The summed E-state index contributed by atoms with van der Waals surface area (Å²) in [7, 11) is 1.51. The second kappa shape index (κ2) is 14.6. The van der Waals surface area contributed by atoms with Crippen LogP contribution in [0.3, 0.4) is 0 Å². The summed E-state index contributed by atoms with van der Waals surface area (Å²) in [4.78, 5) is 42.5. The number of hydrogen-bond acceptors (Lipinski definition) is 8. The van der Waals surface area contributed by atoms with Crippen LogP contribution in [-0.2, 0) is 24.2 Å². The summed E-state index contributed by atoms with van der Waals surface area (Å²) < 4.78 is 18.9. The Kier molecular flexibility index (Phi) is 10.1. The number of hydrogen-bond donors (Lipinski definition) is 2. The fourth-order valence-corrected chi connectivity index (χ4v) is 5.28. The largest absolute Gasteiger partial charge is 0.493 e. The number of rotatable bonds is 4. The van der Waals surface area contributed by atoms with Gasteiger partial charge in [-0.05, 0) is 37.6 Å². The van der Waals surface area contributed by atoms with Gasteiger partial charge in [0.15, 0.2) is 11.5 Å². The Morgan fingerprint density at radius 1 is 1.07 bits per heavy atom. The molecule has 0 radical (unpaired) electrons. The third-order valence-corrected chi connectivity index (χ3v) is 7.59. The molecule has 2 N–H and O–H groups in total. The van der Waals surface area contributed by atoms with E-state index < -0.39 is 11.9 Å². The van der Waals surface area contributed by atoms with E-state index in [2.05, 4.69) is 20.9 Å². The fraction of sp³-hybridized carbons (Fsp3) is 0.364. The fourth-order valence-electron chi connectivity index (χ4n) is 5.28. The van der Waals surface area contributed by atoms with Crippen LogP contribution in [0, 0.1) is 13.8 Å². The third-order valence-electron chi connectivity index (χ3n) is 7.59. The summed E-state index contributed by atoms with van der Waals surface area (Å²) in [6.45, 7) is 5.15. The molecule has 0 saturated carbocycles. The van der Waals surface area contributed by atoms with Crippen molar-refractivity contribution >= 4 is 17.7 Å². The molecule has 0 spiro atoms. The van der Waals surface area contributed by atoms with Gasteiger partial charge in [0.1, 0.15) is 17.6 Å². The molecule has 0 unspecified atom stereocenters. The van der Waals surface area contributed by atoms with Crippen molar-refractivity contribution in [3.8, 4) is 11.5 Å². The Balaban J connectivity index is 1.42. The van der Waals surface area contributed by atoms with Gasteiger partial charge in [0.25, 0.3) is 11.8 Å². The number of aryl methyl sites for hydroxylation is 3. The molecule has 45 heavy (non-hydrogen) atoms. The Morgan fingerprint density at radius 3 is 2.64 bits per heavy atom. The minimum atomic E-state index is -0.891. The molecule has 3 heterocycles. The van der Waals surface area contributed by atoms with Gasteiger partial charge in [0.05, 0.1) is 30.5 Å². The zero-order valence-corrected chi connectivity index (χ0v) is 25.7. The number of amides is 3. The number of carbonyl (C=O) groups is 3. The summed E-state index contributed by atoms with van der Waals surface area (Å²) >= 11 is 0. The van der Waals surface area contributed by atoms with Crippen molar-refractivity contribution in [3.63, 3.8) is 0 Å². The first-order valence-corrected chi connectivity index (χ1v) is 15.0. The molecule has 236 valence electrons. The van der Waals surface area contributed by atoms with Gasteiger partial charge in [-0.1, -0.05) is 41.6 Å². The third kappa shape index (κ3) is 7.88. The second-order valence-electron chi connectivity index (χ2n) is 10.9. The van der Waals surface area contributed by atoms with Gasteiger partial charge in [-0.25, -0.2) is 0 Å². The van der Waals surface area contributed by atoms with E-state index in [1.807, 2.05) is 36.5 Å². The number of nitrogens with zero attached hydrogens (tertiary/aromatic N) is 4. The lowest BCUT2D eigenvalue weighted by molar-refractivity contribution is -0.123. The van der Waals surface area contributed by atoms with Crippen LogP contribution in [0.1, 0.15) is 49.9 Å². The highest BCUT2D eigenvalue weighted by molar-refractivity contribution is 6.00. The van der Waals surface area contributed by atoms with E-state index in [9.17, 15) is 14.4 Å². The number of benzene rings is 2. The van der Waals surface area contributed by atoms with Crippen LogP contribution in [0.2, 0.25) is 0 Å². The lowest BCUT2D eigenvalue weighted by atomic mass is 10.0. The van der Waals surface area contributed by atoms with Gasteiger partial charge in [-0.3, -0.25) is 19.1 Å². The Labute approximate surface area is 261 Å². The molecule has 12 heteroatoms. The monoisotopic (exact) mass is 614 g/mol. The molecule has 2 aromatic heterocycles. The predicted octanol–water partition coefficient (Wildman–Crippen LogP) is 3.12. The summed E-state index contributed by atoms with van der Waals surface area (Å²) in [6, 6.07) is 15.4. The molecule has 0 saturated heterocycles. The molecule has 5 rings (SSSR count). The van der Waals surface area contributed by atoms with Gasteiger partial charge < -0.3 is 29.4 Å². The molecule has 1 atom stereocenters. The maximum absolute atomic E-state index is 13.7. The van der Waals surface area contributed by atoms with Gasteiger partial charge in [0.2, 0.25) is 5.91 Å². The number of furan rings is 1. The smallest absolute Gasteiger partial charge is 0.257 e. The topological polar surface area (TPSA) is 141 Å². The van der Waals surface area contributed by atoms with Gasteiger partial charge in [0, 0.05) is 51.6 Å². The molecule has 1 aliphatic rings. The van der Waals surface area contributed by atoms with E-state index >= 15 is 0 Å². The lowest BCUT2D eigenvalue weighted by Gasteiger charge is -2.24. The molecular formula is C33H38N6O6. The average molecular weight is 615 g/mol. The number of para-hydroxylation sites is 1. The maximum atomic E-state index is 13.7. The first-order valence-electron chi connectivity index (χ1n) is 15.0. The van der Waals surface area contributed by atoms with Gasteiger partial charge in [-0.15, -0.1) is 5.10 Å². The highest BCUT2D eigenvalue weighted by atomic mass is 16.5. The highest BCUT2D eigenvalue weighted by Crippen LogP contribution is 2.31. The van der Waals surface area contributed by atoms with Gasteiger partial charge in [-0.2, -0.15) is 0 Å². The van der Waals surface area contributed by atoms with E-state index in [1.165, 1.54) is 7.11 Å². The summed E-state index contributed by atoms with van der Waals surface area (Å²) in [5.74, 6) is 0.845. The quantitative estimate of drug-likeness (QED) is 0.357. The van der Waals surface area contributed by atoms with E-state index in [0.29, 0.717) is 54.5 Å². The average Bonchev–Trinajstić information content (AvgIpc) is 3.64. The minimum absolute atomic E-state index is 0.168. The SMILES string of the molecule is COc1cccc2c1OCCCn1cc(nn1)CCN(C(=O)c1cc(C)oc1C)CCNC(=O)[C@H](Cc1ccccc1)NC2=O. The van der Waals surface area contributed by atoms with Crippen LogP contribution >= 0.6 is 0 Å². The minimum Gasteiger partial charge on any atom is -0.493 e. The molecule has 12 nitrogen and oxygen atoms in total. The van der Waals surface area contributed by atoms with Gasteiger partial charge >= 0.3 is 0 Å². The van der Waals surface area contributed by atoms with Crippen molar-refractivity contribution in [1.82, 2.24) is 30.5 Å². The predicted molar refractivity (Wildman–Crippen MR) is 165 cm³/mol. The van der Waals surface area contributed by atoms with Crippen molar-refractivity contribution in [2.45, 2.75) is 45.7 Å². The van der Waals surface area contributed by atoms with Crippen LogP contribution in [0.25, 0.3) is 0 Å². The van der Waals surface area contributed by atoms with E-state index in [4.69, 9.17) is 13.9 Å². The van der Waals surface area contributed by atoms with Crippen LogP contribution in [0.4, 0.5) is 0 Å². The molecule has 0 fully saturated rings. The summed E-state index contributed by atoms with van der Waals surface area (Å²) in [5, 5.41) is 14.3. The standard InChI is InChI=1S/C33H38N6O6/c1-22-19-27(23(2)45-22)33(42)38-16-13-25-21-39(37-36-25)15-8-18-44-30-26(11-7-12-29(30)43-3)31(40)35-28(32(41)34-14-17-38)20-24-9-5-4-6-10-24/h4-7,9-12,19,21,28H,8,13-18,20H2,1-3H3,(H,34,41)(H,35,40)/t28-/m0/s1. The van der Waals surface area contributed by atoms with E-state index in [1.54, 1.807) is 47.7 Å². The van der Waals surface area contributed by atoms with Crippen LogP contribution in [-0.4, -0.2) is 77.0 Å². The number of ether oxygens (including phenoxy) is 2. The molecule has 2 aromatic carbocycles. The Bertz CT molecular complexity index is 1630. The number of methoxy groups -OCH3 is 1. The molecule has 1 aliphatic heterocycles. The summed E-state index contributed by atoms with van der Waals surface area (Å²) in [6.07, 6.45) is 3.18. The Hall–Kier alpha value is -5.13. The lowest BCUT2D eigenvalue weighted by Crippen LogP contribution is -2.50. The first kappa shape index (κ1) is 31.3. The van der Waals surface area contributed by atoms with E-state index in [-0.39, 0.29) is 43.5 Å². The summed E-state index contributed by atoms with van der Waals surface area (Å²) in [5.41, 5.74) is 2.35. The van der Waals surface area contributed by atoms with Crippen molar-refractivity contribution in [1.29, 1.82) is 0 Å². The zero-order chi connectivity index (χ0) is 31.8. The van der Waals surface area contributed by atoms with Crippen LogP contribution < -0.4 is 20.1 Å². The first-order chi connectivity index (χ1) is 21.8. The molecule has 0 aliphatic carbocycles.